The van der Waals surface area contributed by atoms with Crippen LogP contribution in [0.3, 0.4) is 0 Å². The van der Waals surface area contributed by atoms with Crippen molar-refractivity contribution in [1.29, 1.82) is 0 Å². The molecule has 0 aromatic carbocycles. The summed E-state index contributed by atoms with van der Waals surface area (Å²) in [5.74, 6) is 0.804. The molecule has 0 amide bonds. The minimum absolute atomic E-state index is 0.676. The Labute approximate surface area is 102 Å². The molecule has 0 saturated carbocycles. The first-order valence-electron chi connectivity index (χ1n) is 6.99. The van der Waals surface area contributed by atoms with Crippen molar-refractivity contribution in [3.8, 4) is 0 Å². The number of nitrogens with one attached hydrogen (secondary N) is 1. The highest BCUT2D eigenvalue weighted by Crippen LogP contribution is 2.14. The molecule has 0 bridgehead atoms. The molecule has 1 aliphatic rings. The Morgan fingerprint density at radius 3 is 2.06 bits per heavy atom. The van der Waals surface area contributed by atoms with Gasteiger partial charge in [-0.3, -0.25) is 0 Å². The van der Waals surface area contributed by atoms with Gasteiger partial charge in [-0.15, -0.1) is 0 Å². The van der Waals surface area contributed by atoms with Crippen molar-refractivity contribution < 1.29 is 0 Å². The second kappa shape index (κ2) is 6.61. The van der Waals surface area contributed by atoms with Crippen molar-refractivity contribution in [1.82, 2.24) is 10.2 Å². The Morgan fingerprint density at radius 2 is 1.62 bits per heavy atom. The number of hydrogen-bond donors (Lipinski definition) is 1. The Hall–Kier alpha value is -0.0800. The second-order valence-electron chi connectivity index (χ2n) is 6.10. The fourth-order valence-corrected chi connectivity index (χ4v) is 2.76. The van der Waals surface area contributed by atoms with Gasteiger partial charge in [0.25, 0.3) is 0 Å². The van der Waals surface area contributed by atoms with Crippen molar-refractivity contribution in [2.75, 3.05) is 13.1 Å². The highest BCUT2D eigenvalue weighted by atomic mass is 15.2. The quantitative estimate of drug-likeness (QED) is 0.775. The van der Waals surface area contributed by atoms with Gasteiger partial charge in [-0.2, -0.15) is 0 Å². The van der Waals surface area contributed by atoms with Gasteiger partial charge in [0.15, 0.2) is 0 Å². The predicted octanol–water partition coefficient (Wildman–Crippen LogP) is 2.88. The molecule has 0 spiro atoms. The molecule has 16 heavy (non-hydrogen) atoms. The normalized spacial score (nSPS) is 21.9. The average molecular weight is 226 g/mol. The average Bonchev–Trinajstić information content (AvgIpc) is 2.16. The third-order valence-corrected chi connectivity index (χ3v) is 3.61. The molecule has 0 aromatic heterocycles. The molecule has 1 atom stereocenters. The summed E-state index contributed by atoms with van der Waals surface area (Å²) in [5.41, 5.74) is 0. The Kier molecular flexibility index (Phi) is 5.77. The van der Waals surface area contributed by atoms with Gasteiger partial charge in [0.05, 0.1) is 0 Å². The van der Waals surface area contributed by atoms with Crippen LogP contribution in [0.4, 0.5) is 0 Å². The first-order chi connectivity index (χ1) is 7.49. The zero-order valence-corrected chi connectivity index (χ0v) is 11.8. The van der Waals surface area contributed by atoms with Crippen LogP contribution >= 0.6 is 0 Å². The van der Waals surface area contributed by atoms with Crippen LogP contribution < -0.4 is 5.32 Å². The molecule has 0 radical (unpaired) electrons. The number of piperidine rings is 1. The maximum atomic E-state index is 3.78. The van der Waals surface area contributed by atoms with Crippen LogP contribution in [0.15, 0.2) is 0 Å². The van der Waals surface area contributed by atoms with Crippen LogP contribution in [0.25, 0.3) is 0 Å². The van der Waals surface area contributed by atoms with Crippen molar-refractivity contribution in [3.63, 3.8) is 0 Å². The van der Waals surface area contributed by atoms with E-state index in [9.17, 15) is 0 Å². The van der Waals surface area contributed by atoms with Crippen LogP contribution in [0.2, 0.25) is 0 Å². The van der Waals surface area contributed by atoms with Gasteiger partial charge in [0.2, 0.25) is 0 Å². The van der Waals surface area contributed by atoms with Crippen molar-refractivity contribution in [3.05, 3.63) is 0 Å². The van der Waals surface area contributed by atoms with Crippen molar-refractivity contribution in [2.45, 2.75) is 72.0 Å². The molecule has 1 heterocycles. The Morgan fingerprint density at radius 1 is 1.06 bits per heavy atom. The Balaban J connectivity index is 2.21. The van der Waals surface area contributed by atoms with E-state index in [0.717, 1.165) is 12.0 Å². The monoisotopic (exact) mass is 226 g/mol. The molecule has 2 nitrogen and oxygen atoms in total. The lowest BCUT2D eigenvalue weighted by Gasteiger charge is -2.36. The predicted molar refractivity (Wildman–Crippen MR) is 71.8 cm³/mol. The van der Waals surface area contributed by atoms with Crippen LogP contribution in [0, 0.1) is 5.92 Å². The topological polar surface area (TPSA) is 15.3 Å². The van der Waals surface area contributed by atoms with Gasteiger partial charge >= 0.3 is 0 Å². The minimum atomic E-state index is 0.676. The first kappa shape index (κ1) is 14.0. The number of hydrogen-bond acceptors (Lipinski definition) is 2. The first-order valence-corrected chi connectivity index (χ1v) is 6.99. The van der Waals surface area contributed by atoms with E-state index in [1.165, 1.54) is 32.4 Å². The van der Waals surface area contributed by atoms with Crippen molar-refractivity contribution >= 4 is 0 Å². The lowest BCUT2D eigenvalue weighted by molar-refractivity contribution is 0.155. The van der Waals surface area contributed by atoms with Gasteiger partial charge in [0.1, 0.15) is 0 Å². The molecule has 0 aliphatic carbocycles. The maximum Gasteiger partial charge on any atom is 0.00938 e. The number of nitrogens with zero attached hydrogens (tertiary/aromatic N) is 1. The Bertz CT molecular complexity index is 181. The van der Waals surface area contributed by atoms with E-state index in [-0.39, 0.29) is 0 Å². The minimum Gasteiger partial charge on any atom is -0.311 e. The molecule has 1 fully saturated rings. The summed E-state index contributed by atoms with van der Waals surface area (Å²) in [4.78, 5) is 2.59. The van der Waals surface area contributed by atoms with Gasteiger partial charge in [-0.05, 0) is 59.0 Å². The van der Waals surface area contributed by atoms with E-state index < -0.39 is 0 Å². The molecule has 1 unspecified atom stereocenters. The lowest BCUT2D eigenvalue weighted by atomic mass is 10.00. The van der Waals surface area contributed by atoms with E-state index in [0.29, 0.717) is 12.1 Å². The molecule has 0 aromatic rings. The summed E-state index contributed by atoms with van der Waals surface area (Å²) in [6, 6.07) is 2.15. The van der Waals surface area contributed by atoms with Crippen LogP contribution in [0.1, 0.15) is 53.9 Å². The zero-order valence-electron chi connectivity index (χ0n) is 11.8. The smallest absolute Gasteiger partial charge is 0.00938 e. The van der Waals surface area contributed by atoms with E-state index >= 15 is 0 Å². The zero-order chi connectivity index (χ0) is 12.1. The van der Waals surface area contributed by atoms with Crippen LogP contribution in [0.5, 0.6) is 0 Å². The summed E-state index contributed by atoms with van der Waals surface area (Å²) < 4.78 is 0. The van der Waals surface area contributed by atoms with Gasteiger partial charge in [0, 0.05) is 18.1 Å². The molecule has 1 saturated heterocycles. The maximum absolute atomic E-state index is 3.78. The fourth-order valence-electron chi connectivity index (χ4n) is 2.76. The number of likely N-dealkylation sites (tertiary alicyclic amines) is 1. The van der Waals surface area contributed by atoms with Crippen LogP contribution in [-0.2, 0) is 0 Å². The van der Waals surface area contributed by atoms with Crippen LogP contribution in [-0.4, -0.2) is 36.1 Å². The highest BCUT2D eigenvalue weighted by Gasteiger charge is 2.21. The van der Waals surface area contributed by atoms with E-state index in [1.807, 2.05) is 0 Å². The standard InChI is InChI=1S/C14H30N2/c1-11(2)10-13(5)15-14-6-8-16(9-7-14)12(3)4/h11-15H,6-10H2,1-5H3. The molecule has 2 heteroatoms. The molecule has 96 valence electrons. The molecular weight excluding hydrogens is 196 g/mol. The summed E-state index contributed by atoms with van der Waals surface area (Å²) in [6.45, 7) is 14.1. The van der Waals surface area contributed by atoms with E-state index in [1.54, 1.807) is 0 Å². The largest absolute Gasteiger partial charge is 0.311 e. The van der Waals surface area contributed by atoms with Gasteiger partial charge in [-0.25, -0.2) is 0 Å². The summed E-state index contributed by atoms with van der Waals surface area (Å²) in [5, 5.41) is 3.78. The summed E-state index contributed by atoms with van der Waals surface area (Å²) in [7, 11) is 0. The van der Waals surface area contributed by atoms with E-state index in [2.05, 4.69) is 44.8 Å². The van der Waals surface area contributed by atoms with Gasteiger partial charge < -0.3 is 10.2 Å². The van der Waals surface area contributed by atoms with Gasteiger partial charge in [-0.1, -0.05) is 13.8 Å². The molecular formula is C14H30N2. The molecule has 1 N–H and O–H groups in total. The third-order valence-electron chi connectivity index (χ3n) is 3.61. The highest BCUT2D eigenvalue weighted by molar-refractivity contribution is 4.80. The lowest BCUT2D eigenvalue weighted by Crippen LogP contribution is -2.47. The number of rotatable bonds is 5. The molecule has 1 aliphatic heterocycles. The summed E-state index contributed by atoms with van der Waals surface area (Å²) in [6.07, 6.45) is 3.94. The fraction of sp³-hybridized carbons (Fsp3) is 1.00. The third kappa shape index (κ3) is 4.84. The second-order valence-corrected chi connectivity index (χ2v) is 6.10. The van der Waals surface area contributed by atoms with Crippen molar-refractivity contribution in [2.24, 2.45) is 5.92 Å². The summed E-state index contributed by atoms with van der Waals surface area (Å²) >= 11 is 0. The van der Waals surface area contributed by atoms with E-state index in [4.69, 9.17) is 0 Å². The SMILES string of the molecule is CC(C)CC(C)NC1CCN(C(C)C)CC1. The molecule has 1 rings (SSSR count).